The molecule has 1 atom stereocenters. The minimum Gasteiger partial charge on any atom is -0.468 e. The number of piperidine rings is 1. The van der Waals surface area contributed by atoms with Crippen LogP contribution in [0.4, 0.5) is 13.2 Å². The number of nitrogens with zero attached hydrogens (tertiary/aromatic N) is 3. The molecule has 1 aliphatic rings. The number of likely N-dealkylation sites (tertiary alicyclic amines) is 1. The topological polar surface area (TPSA) is 92.8 Å². The summed E-state index contributed by atoms with van der Waals surface area (Å²) >= 11 is 0. The lowest BCUT2D eigenvalue weighted by Crippen LogP contribution is -2.47. The first-order valence-corrected chi connectivity index (χ1v) is 9.23. The van der Waals surface area contributed by atoms with Crippen molar-refractivity contribution in [3.63, 3.8) is 0 Å². The van der Waals surface area contributed by atoms with Gasteiger partial charge in [-0.05, 0) is 37.3 Å². The van der Waals surface area contributed by atoms with E-state index in [-0.39, 0.29) is 48.2 Å². The third kappa shape index (κ3) is 9.50. The third-order valence-electron chi connectivity index (χ3n) is 4.24. The fraction of sp³-hybridized carbons (Fsp3) is 0.611. The van der Waals surface area contributed by atoms with E-state index in [1.165, 1.54) is 12.3 Å². The Hall–Kier alpha value is -1.79. The first-order valence-electron chi connectivity index (χ1n) is 9.23. The van der Waals surface area contributed by atoms with E-state index < -0.39 is 12.8 Å². The maximum Gasteiger partial charge on any atom is 0.422 e. The normalized spacial score (nSPS) is 17.4. The minimum absolute atomic E-state index is 0. The molecule has 0 aromatic carbocycles. The first-order chi connectivity index (χ1) is 13.3. The van der Waals surface area contributed by atoms with Gasteiger partial charge in [-0.3, -0.25) is 4.79 Å². The van der Waals surface area contributed by atoms with Crippen molar-refractivity contribution in [2.75, 3.05) is 26.2 Å². The van der Waals surface area contributed by atoms with Crippen molar-refractivity contribution in [1.29, 1.82) is 0 Å². The lowest BCUT2D eigenvalue weighted by Gasteiger charge is -2.34. The Labute approximate surface area is 185 Å². The molecule has 0 spiro atoms. The first kappa shape index (κ1) is 25.2. The molecule has 3 N–H and O–H groups in total. The number of amides is 1. The van der Waals surface area contributed by atoms with Gasteiger partial charge in [0.15, 0.2) is 12.6 Å². The Morgan fingerprint density at radius 1 is 1.48 bits per heavy atom. The number of pyridine rings is 1. The molecule has 164 valence electrons. The second-order valence-electron chi connectivity index (χ2n) is 6.70. The van der Waals surface area contributed by atoms with Gasteiger partial charge >= 0.3 is 6.18 Å². The van der Waals surface area contributed by atoms with Gasteiger partial charge in [-0.2, -0.15) is 13.2 Å². The highest BCUT2D eigenvalue weighted by Crippen LogP contribution is 2.20. The Balaban J connectivity index is 0.00000420. The van der Waals surface area contributed by atoms with Crippen LogP contribution in [0.2, 0.25) is 0 Å². The molecule has 1 aromatic heterocycles. The van der Waals surface area contributed by atoms with Crippen molar-refractivity contribution in [2.45, 2.75) is 38.9 Å². The minimum atomic E-state index is -4.41. The monoisotopic (exact) mass is 529 g/mol. The van der Waals surface area contributed by atoms with E-state index in [0.717, 1.165) is 19.4 Å². The maximum atomic E-state index is 12.3. The van der Waals surface area contributed by atoms with E-state index in [1.54, 1.807) is 6.07 Å². The zero-order valence-corrected chi connectivity index (χ0v) is 18.6. The zero-order chi connectivity index (χ0) is 20.6. The van der Waals surface area contributed by atoms with Crippen LogP contribution in [0.15, 0.2) is 23.3 Å². The van der Waals surface area contributed by atoms with Crippen LogP contribution in [0.5, 0.6) is 5.88 Å². The number of rotatable bonds is 7. The number of nitrogens with two attached hydrogens (primary N) is 1. The smallest absolute Gasteiger partial charge is 0.422 e. The van der Waals surface area contributed by atoms with E-state index in [9.17, 15) is 18.0 Å². The highest BCUT2D eigenvalue weighted by molar-refractivity contribution is 14.0. The molecule has 7 nitrogen and oxygen atoms in total. The summed E-state index contributed by atoms with van der Waals surface area (Å²) in [5, 5.41) is 3.22. The maximum absolute atomic E-state index is 12.3. The second kappa shape index (κ2) is 12.0. The van der Waals surface area contributed by atoms with Gasteiger partial charge in [-0.15, -0.1) is 24.0 Å². The molecular weight excluding hydrogens is 502 g/mol. The van der Waals surface area contributed by atoms with Gasteiger partial charge < -0.3 is 20.7 Å². The molecule has 2 heterocycles. The summed E-state index contributed by atoms with van der Waals surface area (Å²) in [6.07, 6.45) is -0.784. The molecule has 1 fully saturated rings. The highest BCUT2D eigenvalue weighted by atomic mass is 127. The van der Waals surface area contributed by atoms with Crippen molar-refractivity contribution in [1.82, 2.24) is 15.2 Å². The zero-order valence-electron chi connectivity index (χ0n) is 16.2. The Bertz CT molecular complexity index is 688. The summed E-state index contributed by atoms with van der Waals surface area (Å²) in [5.74, 6) is 0.496. The van der Waals surface area contributed by atoms with Gasteiger partial charge in [-0.1, -0.05) is 0 Å². The van der Waals surface area contributed by atoms with Gasteiger partial charge in [0, 0.05) is 38.3 Å². The van der Waals surface area contributed by atoms with Crippen LogP contribution >= 0.6 is 24.0 Å². The molecule has 2 rings (SSSR count). The number of hydrogen-bond donors (Lipinski definition) is 2. The molecule has 1 unspecified atom stereocenters. The van der Waals surface area contributed by atoms with Crippen LogP contribution in [0.25, 0.3) is 0 Å². The number of primary amides is 1. The van der Waals surface area contributed by atoms with Crippen LogP contribution < -0.4 is 15.8 Å². The largest absolute Gasteiger partial charge is 0.468 e. The van der Waals surface area contributed by atoms with Crippen molar-refractivity contribution in [2.24, 2.45) is 16.6 Å². The number of guanidine groups is 1. The van der Waals surface area contributed by atoms with E-state index in [0.29, 0.717) is 31.0 Å². The highest BCUT2D eigenvalue weighted by Gasteiger charge is 2.28. The molecule has 11 heteroatoms. The average molecular weight is 529 g/mol. The lowest BCUT2D eigenvalue weighted by molar-refractivity contribution is -0.154. The van der Waals surface area contributed by atoms with Gasteiger partial charge in [-0.25, -0.2) is 9.98 Å². The lowest BCUT2D eigenvalue weighted by atomic mass is 9.95. The van der Waals surface area contributed by atoms with Crippen molar-refractivity contribution in [3.8, 4) is 5.88 Å². The molecule has 0 aliphatic carbocycles. The summed E-state index contributed by atoms with van der Waals surface area (Å²) in [5.41, 5.74) is 6.00. The van der Waals surface area contributed by atoms with E-state index in [4.69, 9.17) is 5.73 Å². The molecule has 0 bridgehead atoms. The third-order valence-corrected chi connectivity index (χ3v) is 4.24. The SMILES string of the molecule is CCNC(=NCc1ccnc(OCC(F)(F)F)c1)N1CCCC(CC(N)=O)C1.I. The molecular formula is C18H27F3IN5O2. The molecule has 1 saturated heterocycles. The van der Waals surface area contributed by atoms with Crippen LogP contribution in [0.3, 0.4) is 0 Å². The number of aromatic nitrogens is 1. The fourth-order valence-corrected chi connectivity index (χ4v) is 3.08. The number of carbonyl (C=O) groups is 1. The predicted octanol–water partition coefficient (Wildman–Crippen LogP) is 2.69. The average Bonchev–Trinajstić information content (AvgIpc) is 2.63. The van der Waals surface area contributed by atoms with Crippen LogP contribution in [0, 0.1) is 5.92 Å². The van der Waals surface area contributed by atoms with Crippen LogP contribution in [-0.4, -0.2) is 54.2 Å². The molecule has 0 radical (unpaired) electrons. The van der Waals surface area contributed by atoms with Crippen molar-refractivity contribution >= 4 is 35.8 Å². The quantitative estimate of drug-likeness (QED) is 0.322. The van der Waals surface area contributed by atoms with Crippen molar-refractivity contribution in [3.05, 3.63) is 23.9 Å². The number of ether oxygens (including phenoxy) is 1. The number of carbonyl (C=O) groups excluding carboxylic acids is 1. The Morgan fingerprint density at radius 2 is 2.24 bits per heavy atom. The van der Waals surface area contributed by atoms with Gasteiger partial charge in [0.2, 0.25) is 11.8 Å². The van der Waals surface area contributed by atoms with E-state index in [1.807, 2.05) is 6.92 Å². The summed E-state index contributed by atoms with van der Waals surface area (Å²) in [6, 6.07) is 3.13. The van der Waals surface area contributed by atoms with E-state index in [2.05, 4.69) is 24.9 Å². The number of aliphatic imine (C=N–C) groups is 1. The number of alkyl halides is 3. The van der Waals surface area contributed by atoms with Crippen LogP contribution in [-0.2, 0) is 11.3 Å². The number of halogens is 4. The summed E-state index contributed by atoms with van der Waals surface area (Å²) < 4.78 is 41.5. The predicted molar refractivity (Wildman–Crippen MR) is 114 cm³/mol. The molecule has 1 amide bonds. The molecule has 1 aliphatic heterocycles. The summed E-state index contributed by atoms with van der Waals surface area (Å²) in [4.78, 5) is 21.7. The fourth-order valence-electron chi connectivity index (χ4n) is 3.08. The molecule has 1 aromatic rings. The molecule has 29 heavy (non-hydrogen) atoms. The summed E-state index contributed by atoms with van der Waals surface area (Å²) in [7, 11) is 0. The standard InChI is InChI=1S/C18H26F3N5O2.HI/c1-2-23-17(26-7-3-4-14(11-26)8-15(22)27)25-10-13-5-6-24-16(9-13)28-12-18(19,20)21;/h5-6,9,14H,2-4,7-8,10-12H2,1H3,(H2,22,27)(H,23,25);1H. The van der Waals surface area contributed by atoms with Gasteiger partial charge in [0.1, 0.15) is 0 Å². The Morgan fingerprint density at radius 3 is 2.90 bits per heavy atom. The molecule has 0 saturated carbocycles. The van der Waals surface area contributed by atoms with E-state index >= 15 is 0 Å². The second-order valence-corrected chi connectivity index (χ2v) is 6.70. The number of nitrogens with one attached hydrogen (secondary N) is 1. The number of hydrogen-bond acceptors (Lipinski definition) is 4. The Kier molecular flexibility index (Phi) is 10.5. The van der Waals surface area contributed by atoms with Crippen molar-refractivity contribution < 1.29 is 22.7 Å². The summed E-state index contributed by atoms with van der Waals surface area (Å²) in [6.45, 7) is 3.01. The van der Waals surface area contributed by atoms with Gasteiger partial charge in [0.05, 0.1) is 6.54 Å². The van der Waals surface area contributed by atoms with Gasteiger partial charge in [0.25, 0.3) is 0 Å². The van der Waals surface area contributed by atoms with Crippen LogP contribution in [0.1, 0.15) is 31.7 Å².